The van der Waals surface area contributed by atoms with E-state index < -0.39 is 0 Å². The smallest absolute Gasteiger partial charge is 0.126 e. The van der Waals surface area contributed by atoms with E-state index in [0.29, 0.717) is 40.3 Å². The van der Waals surface area contributed by atoms with Crippen LogP contribution in [0.15, 0.2) is 61.2 Å². The van der Waals surface area contributed by atoms with Crippen LogP contribution in [0.5, 0.6) is 0 Å². The fraction of sp³-hybridized carbons (Fsp3) is 0.130. The predicted octanol–water partition coefficient (Wildman–Crippen LogP) is 5.34. The molecule has 0 unspecified atom stereocenters. The summed E-state index contributed by atoms with van der Waals surface area (Å²) in [5.74, 6) is 1.42. The van der Waals surface area contributed by atoms with Gasteiger partial charge in [-0.05, 0) is 49.4 Å². The molecule has 0 aliphatic carbocycles. The number of anilines is 2. The van der Waals surface area contributed by atoms with Crippen molar-refractivity contribution in [2.45, 2.75) is 6.92 Å². The number of halogens is 2. The lowest BCUT2D eigenvalue weighted by atomic mass is 10.1. The minimum Gasteiger partial charge on any atom is -0.368 e. The number of imidazole rings is 1. The maximum Gasteiger partial charge on any atom is 0.126 e. The van der Waals surface area contributed by atoms with Crippen LogP contribution in [0.1, 0.15) is 11.3 Å². The summed E-state index contributed by atoms with van der Waals surface area (Å²) in [6, 6.07) is 14.8. The number of rotatable bonds is 7. The zero-order chi connectivity index (χ0) is 22.5. The molecular formula is C23H19Cl2N7. The Bertz CT molecular complexity index is 1280. The third kappa shape index (κ3) is 4.99. The van der Waals surface area contributed by atoms with Crippen LogP contribution in [0.2, 0.25) is 10.0 Å². The van der Waals surface area contributed by atoms with Gasteiger partial charge in [-0.3, -0.25) is 0 Å². The van der Waals surface area contributed by atoms with Crippen molar-refractivity contribution < 1.29 is 0 Å². The summed E-state index contributed by atoms with van der Waals surface area (Å²) in [6.45, 7) is 3.18. The lowest BCUT2D eigenvalue weighted by Gasteiger charge is -2.14. The Balaban J connectivity index is 1.53. The Morgan fingerprint density at radius 2 is 1.78 bits per heavy atom. The van der Waals surface area contributed by atoms with Crippen molar-refractivity contribution in [3.63, 3.8) is 0 Å². The summed E-state index contributed by atoms with van der Waals surface area (Å²) < 4.78 is 1.92. The largest absolute Gasteiger partial charge is 0.368 e. The summed E-state index contributed by atoms with van der Waals surface area (Å²) in [4.78, 5) is 13.3. The first kappa shape index (κ1) is 21.6. The number of aromatic nitrogens is 4. The van der Waals surface area contributed by atoms with Gasteiger partial charge in [-0.25, -0.2) is 15.0 Å². The van der Waals surface area contributed by atoms with Gasteiger partial charge in [-0.1, -0.05) is 23.2 Å². The van der Waals surface area contributed by atoms with Crippen molar-refractivity contribution in [1.29, 1.82) is 5.26 Å². The highest BCUT2D eigenvalue weighted by atomic mass is 35.5. The predicted molar refractivity (Wildman–Crippen MR) is 127 cm³/mol. The molecule has 0 atom stereocenters. The number of nitriles is 1. The van der Waals surface area contributed by atoms with Gasteiger partial charge in [0.25, 0.3) is 0 Å². The van der Waals surface area contributed by atoms with Crippen molar-refractivity contribution in [3.05, 3.63) is 82.5 Å². The van der Waals surface area contributed by atoms with Gasteiger partial charge in [0, 0.05) is 36.1 Å². The minimum absolute atomic E-state index is 0.522. The number of hydrogen-bond acceptors (Lipinski definition) is 6. The van der Waals surface area contributed by atoms with E-state index >= 15 is 0 Å². The van der Waals surface area contributed by atoms with E-state index in [-0.39, 0.29) is 0 Å². The maximum atomic E-state index is 8.85. The summed E-state index contributed by atoms with van der Waals surface area (Å²) in [5.41, 5.74) is 3.79. The summed E-state index contributed by atoms with van der Waals surface area (Å²) in [5, 5.41) is 16.5. The molecule has 9 heteroatoms. The molecule has 0 bridgehead atoms. The van der Waals surface area contributed by atoms with Gasteiger partial charge in [-0.15, -0.1) is 0 Å². The van der Waals surface area contributed by atoms with Crippen LogP contribution in [0.3, 0.4) is 0 Å². The molecule has 7 nitrogen and oxygen atoms in total. The molecule has 3 aromatic heterocycles. The molecule has 4 rings (SSSR count). The average Bonchev–Trinajstić information content (AvgIpc) is 3.23. The molecule has 0 aliphatic heterocycles. The van der Waals surface area contributed by atoms with Gasteiger partial charge < -0.3 is 15.2 Å². The van der Waals surface area contributed by atoms with Crippen LogP contribution in [0, 0.1) is 18.3 Å². The Morgan fingerprint density at radius 1 is 1.00 bits per heavy atom. The minimum atomic E-state index is 0.522. The standard InChI is InChI=1S/C23H19Cl2N7/c1-15-13-32(14-30-15)20-5-7-22(31-23(20)18-4-3-17(24)10-19(18)25)28-9-8-27-21-6-2-16(11-26)12-29-21/h2-7,10,12-14H,8-9H2,1H3,(H,27,29)(H,28,31). The Labute approximate surface area is 195 Å². The van der Waals surface area contributed by atoms with Crippen LogP contribution in [0.4, 0.5) is 11.6 Å². The van der Waals surface area contributed by atoms with Crippen molar-refractivity contribution in [2.75, 3.05) is 23.7 Å². The van der Waals surface area contributed by atoms with Crippen LogP contribution in [-0.4, -0.2) is 32.6 Å². The number of hydrogen-bond donors (Lipinski definition) is 2. The Kier molecular flexibility index (Phi) is 6.55. The first-order chi connectivity index (χ1) is 15.5. The molecule has 160 valence electrons. The van der Waals surface area contributed by atoms with E-state index in [1.807, 2.05) is 35.9 Å². The highest BCUT2D eigenvalue weighted by Crippen LogP contribution is 2.33. The van der Waals surface area contributed by atoms with E-state index in [4.69, 9.17) is 33.4 Å². The van der Waals surface area contributed by atoms with Gasteiger partial charge in [0.15, 0.2) is 0 Å². The molecular weight excluding hydrogens is 445 g/mol. The van der Waals surface area contributed by atoms with Gasteiger partial charge in [0.2, 0.25) is 0 Å². The monoisotopic (exact) mass is 463 g/mol. The van der Waals surface area contributed by atoms with Gasteiger partial charge in [0.1, 0.15) is 17.7 Å². The Hall–Kier alpha value is -3.60. The fourth-order valence-corrected chi connectivity index (χ4v) is 3.64. The molecule has 0 saturated carbocycles. The van der Waals surface area contributed by atoms with Crippen LogP contribution < -0.4 is 10.6 Å². The van der Waals surface area contributed by atoms with Crippen LogP contribution >= 0.6 is 23.2 Å². The lowest BCUT2D eigenvalue weighted by Crippen LogP contribution is -2.15. The molecule has 0 fully saturated rings. The second-order valence-electron chi connectivity index (χ2n) is 7.01. The van der Waals surface area contributed by atoms with Crippen molar-refractivity contribution in [3.8, 4) is 23.0 Å². The summed E-state index contributed by atoms with van der Waals surface area (Å²) >= 11 is 12.6. The molecule has 4 aromatic rings. The third-order valence-corrected chi connectivity index (χ3v) is 5.23. The fourth-order valence-electron chi connectivity index (χ4n) is 3.14. The first-order valence-corrected chi connectivity index (χ1v) is 10.6. The second kappa shape index (κ2) is 9.69. The quantitative estimate of drug-likeness (QED) is 0.359. The lowest BCUT2D eigenvalue weighted by molar-refractivity contribution is 1.02. The Morgan fingerprint density at radius 3 is 2.44 bits per heavy atom. The van der Waals surface area contributed by atoms with E-state index in [1.54, 1.807) is 30.6 Å². The van der Waals surface area contributed by atoms with Crippen molar-refractivity contribution in [2.24, 2.45) is 0 Å². The molecule has 3 heterocycles. The summed E-state index contributed by atoms with van der Waals surface area (Å²) in [6.07, 6.45) is 5.23. The summed E-state index contributed by atoms with van der Waals surface area (Å²) in [7, 11) is 0. The first-order valence-electron chi connectivity index (χ1n) is 9.85. The average molecular weight is 464 g/mol. The van der Waals surface area contributed by atoms with Gasteiger partial charge >= 0.3 is 0 Å². The number of pyridine rings is 2. The zero-order valence-electron chi connectivity index (χ0n) is 17.2. The molecule has 0 radical (unpaired) electrons. The van der Waals surface area contributed by atoms with Crippen LogP contribution in [0.25, 0.3) is 16.9 Å². The molecule has 2 N–H and O–H groups in total. The normalized spacial score (nSPS) is 10.6. The van der Waals surface area contributed by atoms with E-state index in [0.717, 1.165) is 22.6 Å². The van der Waals surface area contributed by atoms with Crippen LogP contribution in [-0.2, 0) is 0 Å². The van der Waals surface area contributed by atoms with Gasteiger partial charge in [0.05, 0.1) is 34.0 Å². The van der Waals surface area contributed by atoms with Crippen molar-refractivity contribution >= 4 is 34.8 Å². The molecule has 0 amide bonds. The highest BCUT2D eigenvalue weighted by molar-refractivity contribution is 6.36. The number of aryl methyl sites for hydroxylation is 1. The number of nitrogens with one attached hydrogen (secondary N) is 2. The molecule has 0 saturated heterocycles. The SMILES string of the molecule is Cc1cn(-c2ccc(NCCNc3ccc(C#N)cn3)nc2-c2ccc(Cl)cc2Cl)cn1. The topological polar surface area (TPSA) is 91.5 Å². The van der Waals surface area contributed by atoms with Crippen molar-refractivity contribution in [1.82, 2.24) is 19.5 Å². The molecule has 0 aliphatic rings. The van der Waals surface area contributed by atoms with E-state index in [1.165, 1.54) is 6.20 Å². The molecule has 1 aromatic carbocycles. The molecule has 0 spiro atoms. The third-order valence-electron chi connectivity index (χ3n) is 4.68. The zero-order valence-corrected chi connectivity index (χ0v) is 18.7. The number of nitrogens with zero attached hydrogens (tertiary/aromatic N) is 5. The number of benzene rings is 1. The highest BCUT2D eigenvalue weighted by Gasteiger charge is 2.14. The van der Waals surface area contributed by atoms with E-state index in [9.17, 15) is 0 Å². The van der Waals surface area contributed by atoms with E-state index in [2.05, 4.69) is 26.7 Å². The molecule has 32 heavy (non-hydrogen) atoms. The second-order valence-corrected chi connectivity index (χ2v) is 7.85. The maximum absolute atomic E-state index is 8.85. The van der Waals surface area contributed by atoms with Gasteiger partial charge in [-0.2, -0.15) is 5.26 Å².